The van der Waals surface area contributed by atoms with Crippen LogP contribution in [0.5, 0.6) is 0 Å². The zero-order valence-electron chi connectivity index (χ0n) is 13.3. The summed E-state index contributed by atoms with van der Waals surface area (Å²) in [6.07, 6.45) is 5.77. The SMILES string of the molecule is O=C(Cn1ccc(C(=O)O)n1)Nc1ccc(Cc2ccncc2)cc1. The number of pyridine rings is 1. The maximum Gasteiger partial charge on any atom is 0.356 e. The van der Waals surface area contributed by atoms with E-state index in [0.717, 1.165) is 12.0 Å². The van der Waals surface area contributed by atoms with Crippen molar-refractivity contribution in [3.8, 4) is 0 Å². The summed E-state index contributed by atoms with van der Waals surface area (Å²) < 4.78 is 1.29. The predicted octanol–water partition coefficient (Wildman–Crippen LogP) is 2.21. The molecule has 0 radical (unpaired) electrons. The van der Waals surface area contributed by atoms with Crippen molar-refractivity contribution >= 4 is 17.6 Å². The zero-order valence-corrected chi connectivity index (χ0v) is 13.3. The molecule has 0 bridgehead atoms. The minimum absolute atomic E-state index is 0.0496. The molecule has 0 spiro atoms. The summed E-state index contributed by atoms with van der Waals surface area (Å²) >= 11 is 0. The Bertz CT molecular complexity index is 873. The molecule has 126 valence electrons. The number of hydrogen-bond acceptors (Lipinski definition) is 4. The fourth-order valence-electron chi connectivity index (χ4n) is 2.35. The number of carbonyl (C=O) groups is 2. The van der Waals surface area contributed by atoms with Crippen LogP contribution in [0.15, 0.2) is 61.1 Å². The van der Waals surface area contributed by atoms with Crippen LogP contribution in [0.4, 0.5) is 5.69 Å². The number of carboxylic acids is 1. The van der Waals surface area contributed by atoms with Gasteiger partial charge < -0.3 is 10.4 Å². The van der Waals surface area contributed by atoms with Crippen LogP contribution in [0, 0.1) is 0 Å². The second-order valence-electron chi connectivity index (χ2n) is 5.48. The van der Waals surface area contributed by atoms with Gasteiger partial charge >= 0.3 is 5.97 Å². The molecule has 3 aromatic rings. The Balaban J connectivity index is 1.57. The van der Waals surface area contributed by atoms with Gasteiger partial charge in [-0.15, -0.1) is 0 Å². The van der Waals surface area contributed by atoms with E-state index in [1.807, 2.05) is 36.4 Å². The molecule has 0 fully saturated rings. The Hall–Kier alpha value is -3.48. The Morgan fingerprint density at radius 3 is 2.32 bits per heavy atom. The molecular weight excluding hydrogens is 320 g/mol. The zero-order chi connectivity index (χ0) is 17.6. The van der Waals surface area contributed by atoms with E-state index < -0.39 is 5.97 Å². The van der Waals surface area contributed by atoms with E-state index in [1.54, 1.807) is 12.4 Å². The van der Waals surface area contributed by atoms with Gasteiger partial charge in [-0.3, -0.25) is 14.5 Å². The van der Waals surface area contributed by atoms with Crippen LogP contribution in [0.2, 0.25) is 0 Å². The molecule has 7 heteroatoms. The normalized spacial score (nSPS) is 10.4. The summed E-state index contributed by atoms with van der Waals surface area (Å²) in [7, 11) is 0. The smallest absolute Gasteiger partial charge is 0.356 e. The van der Waals surface area contributed by atoms with E-state index >= 15 is 0 Å². The summed E-state index contributed by atoms with van der Waals surface area (Å²) in [6.45, 7) is -0.0496. The number of aromatic nitrogens is 3. The average Bonchev–Trinajstić information content (AvgIpc) is 3.06. The molecule has 25 heavy (non-hydrogen) atoms. The number of benzene rings is 1. The van der Waals surface area contributed by atoms with Gasteiger partial charge in [0, 0.05) is 24.3 Å². The van der Waals surface area contributed by atoms with Crippen molar-refractivity contribution in [1.29, 1.82) is 0 Å². The van der Waals surface area contributed by atoms with Gasteiger partial charge in [0.2, 0.25) is 5.91 Å². The lowest BCUT2D eigenvalue weighted by atomic mass is 10.1. The first-order valence-electron chi connectivity index (χ1n) is 7.64. The van der Waals surface area contributed by atoms with Crippen molar-refractivity contribution in [3.63, 3.8) is 0 Å². The van der Waals surface area contributed by atoms with Gasteiger partial charge in [-0.05, 0) is 47.9 Å². The Labute approximate surface area is 143 Å². The van der Waals surface area contributed by atoms with Crippen molar-refractivity contribution in [1.82, 2.24) is 14.8 Å². The molecular formula is C18H16N4O3. The molecule has 2 N–H and O–H groups in total. The topological polar surface area (TPSA) is 97.1 Å². The fourth-order valence-corrected chi connectivity index (χ4v) is 2.35. The number of nitrogens with zero attached hydrogens (tertiary/aromatic N) is 3. The molecule has 0 unspecified atom stereocenters. The minimum atomic E-state index is -1.12. The summed E-state index contributed by atoms with van der Waals surface area (Å²) in [5.41, 5.74) is 2.88. The van der Waals surface area contributed by atoms with Crippen LogP contribution < -0.4 is 5.32 Å². The maximum absolute atomic E-state index is 12.0. The first-order chi connectivity index (χ1) is 12.1. The van der Waals surface area contributed by atoms with E-state index in [2.05, 4.69) is 15.4 Å². The standard InChI is InChI=1S/C18H16N4O3/c23-17(12-22-10-7-16(21-22)18(24)25)20-15-3-1-13(2-4-15)11-14-5-8-19-9-6-14/h1-10H,11-12H2,(H,20,23)(H,24,25). The number of aromatic carboxylic acids is 1. The van der Waals surface area contributed by atoms with E-state index in [4.69, 9.17) is 5.11 Å². The van der Waals surface area contributed by atoms with Crippen LogP contribution in [-0.4, -0.2) is 31.7 Å². The molecule has 1 aromatic carbocycles. The predicted molar refractivity (Wildman–Crippen MR) is 91.3 cm³/mol. The molecule has 2 aromatic heterocycles. The second-order valence-corrected chi connectivity index (χ2v) is 5.48. The lowest BCUT2D eigenvalue weighted by Gasteiger charge is -2.07. The van der Waals surface area contributed by atoms with E-state index in [1.165, 1.54) is 22.5 Å². The van der Waals surface area contributed by atoms with E-state index in [0.29, 0.717) is 5.69 Å². The van der Waals surface area contributed by atoms with E-state index in [9.17, 15) is 9.59 Å². The maximum atomic E-state index is 12.0. The largest absolute Gasteiger partial charge is 0.476 e. The van der Waals surface area contributed by atoms with Crippen LogP contribution >= 0.6 is 0 Å². The quantitative estimate of drug-likeness (QED) is 0.719. The molecule has 7 nitrogen and oxygen atoms in total. The summed E-state index contributed by atoms with van der Waals surface area (Å²) in [5.74, 6) is -1.40. The van der Waals surface area contributed by atoms with Gasteiger partial charge in [0.25, 0.3) is 0 Å². The molecule has 0 aliphatic rings. The molecule has 0 atom stereocenters. The minimum Gasteiger partial charge on any atom is -0.476 e. The van der Waals surface area contributed by atoms with Crippen molar-refractivity contribution in [3.05, 3.63) is 77.9 Å². The number of rotatable bonds is 6. The summed E-state index contributed by atoms with van der Waals surface area (Å²) in [6, 6.07) is 12.8. The van der Waals surface area contributed by atoms with Crippen LogP contribution in [0.1, 0.15) is 21.6 Å². The highest BCUT2D eigenvalue weighted by molar-refractivity contribution is 5.90. The highest BCUT2D eigenvalue weighted by Gasteiger charge is 2.09. The van der Waals surface area contributed by atoms with Crippen molar-refractivity contribution in [2.45, 2.75) is 13.0 Å². The van der Waals surface area contributed by atoms with Gasteiger partial charge in [0.05, 0.1) is 0 Å². The Kier molecular flexibility index (Phi) is 4.84. The van der Waals surface area contributed by atoms with Crippen LogP contribution in [-0.2, 0) is 17.8 Å². The lowest BCUT2D eigenvalue weighted by molar-refractivity contribution is -0.116. The molecule has 0 saturated carbocycles. The number of nitrogens with one attached hydrogen (secondary N) is 1. The van der Waals surface area contributed by atoms with Gasteiger partial charge in [-0.2, -0.15) is 5.10 Å². The lowest BCUT2D eigenvalue weighted by Crippen LogP contribution is -2.19. The molecule has 0 aliphatic carbocycles. The highest BCUT2D eigenvalue weighted by atomic mass is 16.4. The van der Waals surface area contributed by atoms with Crippen molar-refractivity contribution in [2.75, 3.05) is 5.32 Å². The van der Waals surface area contributed by atoms with Gasteiger partial charge in [-0.1, -0.05) is 12.1 Å². The van der Waals surface area contributed by atoms with Gasteiger partial charge in [-0.25, -0.2) is 4.79 Å². The van der Waals surface area contributed by atoms with E-state index in [-0.39, 0.29) is 18.1 Å². The first-order valence-corrected chi connectivity index (χ1v) is 7.64. The average molecular weight is 336 g/mol. The van der Waals surface area contributed by atoms with Crippen LogP contribution in [0.3, 0.4) is 0 Å². The Morgan fingerprint density at radius 1 is 1.00 bits per heavy atom. The second kappa shape index (κ2) is 7.39. The molecule has 2 heterocycles. The fraction of sp³-hybridized carbons (Fsp3) is 0.111. The first kappa shape index (κ1) is 16.4. The molecule has 1 amide bonds. The molecule has 0 aliphatic heterocycles. The number of carbonyl (C=O) groups excluding carboxylic acids is 1. The number of amides is 1. The number of carboxylic acid groups (broad SMARTS) is 1. The van der Waals surface area contributed by atoms with Crippen LogP contribution in [0.25, 0.3) is 0 Å². The third-order valence-corrected chi connectivity index (χ3v) is 3.56. The third-order valence-electron chi connectivity index (χ3n) is 3.56. The summed E-state index contributed by atoms with van der Waals surface area (Å²) in [5, 5.41) is 15.4. The van der Waals surface area contributed by atoms with Gasteiger partial charge in [0.1, 0.15) is 6.54 Å². The molecule has 3 rings (SSSR count). The van der Waals surface area contributed by atoms with Crippen molar-refractivity contribution < 1.29 is 14.7 Å². The van der Waals surface area contributed by atoms with Gasteiger partial charge in [0.15, 0.2) is 5.69 Å². The monoisotopic (exact) mass is 336 g/mol. The highest BCUT2D eigenvalue weighted by Crippen LogP contribution is 2.13. The summed E-state index contributed by atoms with van der Waals surface area (Å²) in [4.78, 5) is 26.8. The number of hydrogen-bond donors (Lipinski definition) is 2. The third kappa shape index (κ3) is 4.51. The molecule has 0 saturated heterocycles. The Morgan fingerprint density at radius 2 is 1.68 bits per heavy atom. The van der Waals surface area contributed by atoms with Crippen molar-refractivity contribution in [2.24, 2.45) is 0 Å². The number of anilines is 1.